The van der Waals surface area contributed by atoms with Crippen LogP contribution >= 0.6 is 0 Å². The maximum Gasteiger partial charge on any atom is 0.155 e. The average molecular weight is 379 g/mol. The lowest BCUT2D eigenvalue weighted by Gasteiger charge is -2.58. The van der Waals surface area contributed by atoms with Crippen molar-refractivity contribution in [2.24, 2.45) is 28.6 Å². The van der Waals surface area contributed by atoms with Gasteiger partial charge in [0.2, 0.25) is 0 Å². The molecule has 0 N–H and O–H groups in total. The number of benzene rings is 1. The lowest BCUT2D eigenvalue weighted by atomic mass is 9.47. The predicted molar refractivity (Wildman–Crippen MR) is 112 cm³/mol. The monoisotopic (exact) mass is 378 g/mol. The quantitative estimate of drug-likeness (QED) is 0.635. The van der Waals surface area contributed by atoms with E-state index in [0.717, 1.165) is 43.6 Å². The SMILES string of the molecule is C[C@]12CC[C@H]3[C@@H](CCC4=CC(=O)CC[C@@]43C)[C@@H]1CC[C@@H]2OCc1ccccc1. The van der Waals surface area contributed by atoms with Gasteiger partial charge in [0.25, 0.3) is 0 Å². The Kier molecular flexibility index (Phi) is 4.54. The van der Waals surface area contributed by atoms with Crippen LogP contribution in [0.2, 0.25) is 0 Å². The van der Waals surface area contributed by atoms with Gasteiger partial charge in [-0.25, -0.2) is 0 Å². The van der Waals surface area contributed by atoms with Gasteiger partial charge in [0.05, 0.1) is 12.7 Å². The minimum absolute atomic E-state index is 0.279. The van der Waals surface area contributed by atoms with Crippen molar-refractivity contribution in [1.82, 2.24) is 0 Å². The predicted octanol–water partition coefficient (Wildman–Crippen LogP) is 6.10. The number of carbonyl (C=O) groups is 1. The molecule has 0 unspecified atom stereocenters. The Morgan fingerprint density at radius 2 is 1.79 bits per heavy atom. The first-order valence-electron chi connectivity index (χ1n) is 11.4. The summed E-state index contributed by atoms with van der Waals surface area (Å²) in [6.45, 7) is 5.74. The highest BCUT2D eigenvalue weighted by Crippen LogP contribution is 2.65. The maximum atomic E-state index is 12.0. The van der Waals surface area contributed by atoms with E-state index in [-0.39, 0.29) is 5.41 Å². The minimum Gasteiger partial charge on any atom is -0.373 e. The molecule has 1 aromatic rings. The van der Waals surface area contributed by atoms with E-state index in [1.807, 2.05) is 6.08 Å². The molecule has 3 saturated carbocycles. The van der Waals surface area contributed by atoms with Crippen LogP contribution in [0.25, 0.3) is 0 Å². The molecule has 3 fully saturated rings. The van der Waals surface area contributed by atoms with Crippen LogP contribution in [0.1, 0.15) is 70.8 Å². The number of carbonyl (C=O) groups excluding carboxylic acids is 1. The summed E-state index contributed by atoms with van der Waals surface area (Å²) in [5, 5.41) is 0. The summed E-state index contributed by atoms with van der Waals surface area (Å²) in [5.74, 6) is 2.75. The van der Waals surface area contributed by atoms with Gasteiger partial charge in [-0.3, -0.25) is 4.79 Å². The van der Waals surface area contributed by atoms with Crippen molar-refractivity contribution >= 4 is 5.78 Å². The molecule has 1 aromatic carbocycles. The summed E-state index contributed by atoms with van der Waals surface area (Å²) in [7, 11) is 0. The van der Waals surface area contributed by atoms with Crippen LogP contribution in [0.3, 0.4) is 0 Å². The molecule has 2 heteroatoms. The summed E-state index contributed by atoms with van der Waals surface area (Å²) in [6, 6.07) is 10.6. The van der Waals surface area contributed by atoms with Gasteiger partial charge in [-0.15, -0.1) is 0 Å². The van der Waals surface area contributed by atoms with Gasteiger partial charge in [-0.1, -0.05) is 49.8 Å². The number of hydrogen-bond donors (Lipinski definition) is 0. The molecule has 150 valence electrons. The highest BCUT2D eigenvalue weighted by Gasteiger charge is 2.59. The van der Waals surface area contributed by atoms with Gasteiger partial charge < -0.3 is 4.74 Å². The van der Waals surface area contributed by atoms with Crippen molar-refractivity contribution in [3.8, 4) is 0 Å². The Bertz CT molecular complexity index is 781. The molecule has 0 amide bonds. The second-order valence-electron chi connectivity index (χ2n) is 10.4. The van der Waals surface area contributed by atoms with E-state index in [1.165, 1.54) is 43.2 Å². The van der Waals surface area contributed by atoms with Crippen LogP contribution < -0.4 is 0 Å². The molecule has 0 spiro atoms. The van der Waals surface area contributed by atoms with Gasteiger partial charge in [0, 0.05) is 6.42 Å². The highest BCUT2D eigenvalue weighted by atomic mass is 16.5. The minimum atomic E-state index is 0.279. The highest BCUT2D eigenvalue weighted by molar-refractivity contribution is 5.91. The Labute approximate surface area is 169 Å². The fourth-order valence-corrected chi connectivity index (χ4v) is 7.56. The van der Waals surface area contributed by atoms with Crippen LogP contribution in [0, 0.1) is 28.6 Å². The summed E-state index contributed by atoms with van der Waals surface area (Å²) in [4.78, 5) is 12.0. The molecule has 0 saturated heterocycles. The van der Waals surface area contributed by atoms with E-state index in [0.29, 0.717) is 17.3 Å². The Balaban J connectivity index is 1.34. The maximum absolute atomic E-state index is 12.0. The fraction of sp³-hybridized carbons (Fsp3) is 0.654. The first kappa shape index (κ1) is 18.6. The number of allylic oxidation sites excluding steroid dienone is 1. The first-order chi connectivity index (χ1) is 13.5. The molecule has 6 atom stereocenters. The van der Waals surface area contributed by atoms with E-state index in [4.69, 9.17) is 4.74 Å². The number of ketones is 1. The smallest absolute Gasteiger partial charge is 0.155 e. The fourth-order valence-electron chi connectivity index (χ4n) is 7.56. The third-order valence-corrected chi connectivity index (χ3v) is 9.17. The van der Waals surface area contributed by atoms with Gasteiger partial charge in [0.15, 0.2) is 5.78 Å². The molecule has 0 bridgehead atoms. The molecule has 0 aromatic heterocycles. The van der Waals surface area contributed by atoms with Crippen LogP contribution in [-0.2, 0) is 16.1 Å². The molecule has 0 heterocycles. The Morgan fingerprint density at radius 3 is 2.61 bits per heavy atom. The van der Waals surface area contributed by atoms with Crippen molar-refractivity contribution in [2.45, 2.75) is 77.9 Å². The number of hydrogen-bond acceptors (Lipinski definition) is 2. The molecular weight excluding hydrogens is 344 g/mol. The van der Waals surface area contributed by atoms with E-state index in [1.54, 1.807) is 0 Å². The molecule has 2 nitrogen and oxygen atoms in total. The third kappa shape index (κ3) is 2.83. The molecule has 0 radical (unpaired) electrons. The molecule has 5 rings (SSSR count). The lowest BCUT2D eigenvalue weighted by molar-refractivity contribution is -0.119. The largest absolute Gasteiger partial charge is 0.373 e. The molecule has 28 heavy (non-hydrogen) atoms. The van der Waals surface area contributed by atoms with Crippen molar-refractivity contribution in [1.29, 1.82) is 0 Å². The number of rotatable bonds is 3. The number of fused-ring (bicyclic) bond motifs is 5. The molecular formula is C26H34O2. The second kappa shape index (κ2) is 6.83. The van der Waals surface area contributed by atoms with Gasteiger partial charge >= 0.3 is 0 Å². The zero-order valence-corrected chi connectivity index (χ0v) is 17.5. The Hall–Kier alpha value is -1.41. The van der Waals surface area contributed by atoms with Crippen molar-refractivity contribution in [3.63, 3.8) is 0 Å². The Morgan fingerprint density at radius 1 is 0.964 bits per heavy atom. The molecule has 4 aliphatic rings. The summed E-state index contributed by atoms with van der Waals surface area (Å²) >= 11 is 0. The van der Waals surface area contributed by atoms with Crippen molar-refractivity contribution in [3.05, 3.63) is 47.5 Å². The van der Waals surface area contributed by atoms with Crippen LogP contribution in [0.4, 0.5) is 0 Å². The topological polar surface area (TPSA) is 26.3 Å². The first-order valence-corrected chi connectivity index (χ1v) is 11.4. The summed E-state index contributed by atoms with van der Waals surface area (Å²) in [6.07, 6.45) is 11.8. The van der Waals surface area contributed by atoms with Crippen LogP contribution in [-0.4, -0.2) is 11.9 Å². The van der Waals surface area contributed by atoms with Gasteiger partial charge in [-0.05, 0) is 85.2 Å². The third-order valence-electron chi connectivity index (χ3n) is 9.17. The second-order valence-corrected chi connectivity index (χ2v) is 10.4. The van der Waals surface area contributed by atoms with Crippen molar-refractivity contribution in [2.75, 3.05) is 0 Å². The molecule has 0 aliphatic heterocycles. The van der Waals surface area contributed by atoms with Crippen molar-refractivity contribution < 1.29 is 9.53 Å². The zero-order chi connectivity index (χ0) is 19.4. The normalized spacial score (nSPS) is 42.4. The molecule has 4 aliphatic carbocycles. The van der Waals surface area contributed by atoms with Gasteiger partial charge in [-0.2, -0.15) is 0 Å². The van der Waals surface area contributed by atoms with Gasteiger partial charge in [0.1, 0.15) is 0 Å². The van der Waals surface area contributed by atoms with E-state index in [2.05, 4.69) is 44.2 Å². The summed E-state index contributed by atoms with van der Waals surface area (Å²) in [5.41, 5.74) is 3.37. The zero-order valence-electron chi connectivity index (χ0n) is 17.5. The van der Waals surface area contributed by atoms with E-state index < -0.39 is 0 Å². The van der Waals surface area contributed by atoms with Crippen LogP contribution in [0.15, 0.2) is 42.0 Å². The average Bonchev–Trinajstić information content (AvgIpc) is 3.04. The summed E-state index contributed by atoms with van der Waals surface area (Å²) < 4.78 is 6.53. The van der Waals surface area contributed by atoms with Crippen LogP contribution in [0.5, 0.6) is 0 Å². The number of ether oxygens (including phenoxy) is 1. The van der Waals surface area contributed by atoms with E-state index >= 15 is 0 Å². The lowest BCUT2D eigenvalue weighted by Crippen LogP contribution is -2.51. The standard InChI is InChI=1S/C26H34O2/c1-25-14-12-20(27)16-19(25)8-9-21-22-10-11-24(26(22,2)15-13-23(21)25)28-17-18-6-4-3-5-7-18/h3-7,16,21-24H,8-15,17H2,1-2H3/t21-,22-,23-,24-,25-,26-/m0/s1. The van der Waals surface area contributed by atoms with E-state index in [9.17, 15) is 4.79 Å².